The second kappa shape index (κ2) is 14.5. The molecule has 10 heteroatoms. The van der Waals surface area contributed by atoms with Crippen LogP contribution in [0.2, 0.25) is 0 Å². The quantitative estimate of drug-likeness (QED) is 0.187. The van der Waals surface area contributed by atoms with E-state index in [1.165, 1.54) is 82.0 Å². The summed E-state index contributed by atoms with van der Waals surface area (Å²) < 4.78 is 60.6. The van der Waals surface area contributed by atoms with E-state index in [2.05, 4.69) is 27.7 Å². The van der Waals surface area contributed by atoms with Gasteiger partial charge in [-0.25, -0.2) is 0 Å². The summed E-state index contributed by atoms with van der Waals surface area (Å²) in [7, 11) is -10.7. The summed E-state index contributed by atoms with van der Waals surface area (Å²) in [5, 5.41) is 0. The Morgan fingerprint density at radius 3 is 0.808 bits per heavy atom. The van der Waals surface area contributed by atoms with Crippen LogP contribution in [0.3, 0.4) is 0 Å². The van der Waals surface area contributed by atoms with Crippen LogP contribution in [0.4, 0.5) is 25.2 Å². The van der Waals surface area contributed by atoms with E-state index in [4.69, 9.17) is 0 Å². The number of rotatable bonds is 12. The van der Waals surface area contributed by atoms with Gasteiger partial charge in [-0.2, -0.15) is 0 Å². The summed E-state index contributed by atoms with van der Waals surface area (Å²) in [6.07, 6.45) is 11.1. The van der Waals surface area contributed by atoms with Crippen molar-refractivity contribution in [3.63, 3.8) is 0 Å². The molecule has 0 bridgehead atoms. The van der Waals surface area contributed by atoms with Crippen LogP contribution < -0.4 is 56.1 Å². The molecule has 0 N–H and O–H groups in total. The first-order valence-electron chi connectivity index (χ1n) is 9.11. The Hall–Kier alpha value is 1.54. The molecule has 0 amide bonds. The fraction of sp³-hybridized carbons (Fsp3) is 1.00. The topological polar surface area (TPSA) is 0 Å². The molecule has 0 atom stereocenters. The summed E-state index contributed by atoms with van der Waals surface area (Å²) in [6.45, 7) is 15.0. The number of hydrogen-bond acceptors (Lipinski definition) is 0. The molecule has 0 rings (SSSR count). The van der Waals surface area contributed by atoms with Crippen LogP contribution in [0.1, 0.15) is 79.1 Å². The van der Waals surface area contributed by atoms with Crippen molar-refractivity contribution in [1.82, 2.24) is 0 Å². The first-order chi connectivity index (χ1) is 10.7. The van der Waals surface area contributed by atoms with Crippen molar-refractivity contribution >= 4 is 7.81 Å². The van der Waals surface area contributed by atoms with Gasteiger partial charge in [-0.05, 0) is 25.7 Å². The standard InChI is InChI=1S/C16H36N.F6P.FH.K/c1-5-9-13-17(14-10-6-2,15-11-7-3)16-12-8-4;1-7(2,3,4,5)6;;/h5-16H2,1-4H3;;1H;/q+1;-1;;+1/p-1. The molecular formula is C16H36F7KNP. The Labute approximate surface area is 197 Å². The third-order valence-corrected chi connectivity index (χ3v) is 3.94. The number of halogens is 7. The molecule has 0 aliphatic heterocycles. The average molecular weight is 446 g/mol. The van der Waals surface area contributed by atoms with Crippen LogP contribution in [0.15, 0.2) is 0 Å². The third kappa shape index (κ3) is 33.1. The minimum Gasteiger partial charge on any atom is -1.00 e. The summed E-state index contributed by atoms with van der Waals surface area (Å²) in [4.78, 5) is 0. The molecule has 0 aromatic carbocycles. The number of hydrogen-bond donors (Lipinski definition) is 0. The maximum absolute atomic E-state index is 10.7. The summed E-state index contributed by atoms with van der Waals surface area (Å²) in [6, 6.07) is 0. The fourth-order valence-electron chi connectivity index (χ4n) is 2.64. The predicted molar refractivity (Wildman–Crippen MR) is 92.9 cm³/mol. The van der Waals surface area contributed by atoms with Gasteiger partial charge in [0.2, 0.25) is 0 Å². The van der Waals surface area contributed by atoms with Gasteiger partial charge < -0.3 is 9.19 Å². The van der Waals surface area contributed by atoms with Gasteiger partial charge in [0.1, 0.15) is 0 Å². The van der Waals surface area contributed by atoms with Crippen molar-refractivity contribution in [2.45, 2.75) is 79.1 Å². The van der Waals surface area contributed by atoms with E-state index in [0.29, 0.717) is 0 Å². The molecular weight excluding hydrogens is 409 g/mol. The molecule has 0 aromatic heterocycles. The smallest absolute Gasteiger partial charge is 1.00 e. The largest absolute Gasteiger partial charge is 1.00 e. The zero-order valence-electron chi connectivity index (χ0n) is 17.0. The van der Waals surface area contributed by atoms with E-state index in [1.54, 1.807) is 0 Å². The maximum atomic E-state index is 9.87. The van der Waals surface area contributed by atoms with Crippen molar-refractivity contribution in [3.05, 3.63) is 0 Å². The van der Waals surface area contributed by atoms with Crippen LogP contribution in [0.5, 0.6) is 0 Å². The monoisotopic (exact) mass is 445 g/mol. The number of quaternary nitrogens is 1. The molecule has 160 valence electrons. The van der Waals surface area contributed by atoms with E-state index >= 15 is 0 Å². The predicted octanol–water partition coefficient (Wildman–Crippen LogP) is 2.39. The first-order valence-corrected chi connectivity index (χ1v) is 11.1. The molecule has 0 fully saturated rings. The van der Waals surface area contributed by atoms with Crippen LogP contribution in [-0.4, -0.2) is 30.7 Å². The third-order valence-electron chi connectivity index (χ3n) is 3.94. The van der Waals surface area contributed by atoms with Crippen molar-refractivity contribution in [3.8, 4) is 0 Å². The number of unbranched alkanes of at least 4 members (excludes halogenated alkanes) is 4. The van der Waals surface area contributed by atoms with Gasteiger partial charge in [-0.3, -0.25) is 0 Å². The Morgan fingerprint density at radius 1 is 0.538 bits per heavy atom. The van der Waals surface area contributed by atoms with Crippen molar-refractivity contribution < 1.29 is 85.8 Å². The van der Waals surface area contributed by atoms with Gasteiger partial charge in [0.25, 0.3) is 0 Å². The van der Waals surface area contributed by atoms with Gasteiger partial charge in [0.05, 0.1) is 26.2 Å². The van der Waals surface area contributed by atoms with Crippen molar-refractivity contribution in [2.24, 2.45) is 0 Å². The van der Waals surface area contributed by atoms with E-state index in [0.717, 1.165) is 0 Å². The minimum absolute atomic E-state index is 0. The second-order valence-corrected chi connectivity index (χ2v) is 8.53. The zero-order valence-corrected chi connectivity index (χ0v) is 21.0. The van der Waals surface area contributed by atoms with Crippen LogP contribution >= 0.6 is 7.81 Å². The van der Waals surface area contributed by atoms with E-state index in [1.807, 2.05) is 0 Å². The summed E-state index contributed by atoms with van der Waals surface area (Å²) >= 11 is 0. The molecule has 1 nitrogen and oxygen atoms in total. The molecule has 0 spiro atoms. The Balaban J connectivity index is -0.000000230. The van der Waals surface area contributed by atoms with Crippen LogP contribution in [0, 0.1) is 0 Å². The normalized spacial score (nSPS) is 14.1. The van der Waals surface area contributed by atoms with E-state index < -0.39 is 7.81 Å². The van der Waals surface area contributed by atoms with Gasteiger partial charge >= 0.3 is 84.4 Å². The molecule has 0 aromatic rings. The Bertz CT molecular complexity index is 273. The molecule has 0 heterocycles. The molecule has 0 aliphatic carbocycles. The average Bonchev–Trinajstić information content (AvgIpc) is 2.42. The first kappa shape index (κ1) is 35.0. The van der Waals surface area contributed by atoms with Crippen molar-refractivity contribution in [2.75, 3.05) is 26.2 Å². The van der Waals surface area contributed by atoms with E-state index in [9.17, 15) is 25.2 Å². The fourth-order valence-corrected chi connectivity index (χ4v) is 2.64. The summed E-state index contributed by atoms with van der Waals surface area (Å²) in [5.74, 6) is 0. The second-order valence-electron chi connectivity index (χ2n) is 6.61. The van der Waals surface area contributed by atoms with Gasteiger partial charge in [0, 0.05) is 0 Å². The van der Waals surface area contributed by atoms with Crippen LogP contribution in [-0.2, 0) is 0 Å². The van der Waals surface area contributed by atoms with Gasteiger partial charge in [-0.15, -0.1) is 0 Å². The Kier molecular flexibility index (Phi) is 19.5. The molecule has 0 saturated heterocycles. The number of nitrogens with zero attached hydrogens (tertiary/aromatic N) is 1. The van der Waals surface area contributed by atoms with Gasteiger partial charge in [0.15, 0.2) is 0 Å². The molecule has 0 saturated carbocycles. The van der Waals surface area contributed by atoms with Crippen LogP contribution in [0.25, 0.3) is 0 Å². The van der Waals surface area contributed by atoms with Gasteiger partial charge in [-0.1, -0.05) is 53.4 Å². The molecule has 26 heavy (non-hydrogen) atoms. The van der Waals surface area contributed by atoms with Crippen molar-refractivity contribution in [1.29, 1.82) is 0 Å². The maximum Gasteiger partial charge on any atom is 1.00 e. The molecule has 0 aliphatic rings. The Morgan fingerprint density at radius 2 is 0.692 bits per heavy atom. The molecule has 0 unspecified atom stereocenters. The SMILES string of the molecule is CCCC[N+](CCCC)(CCCC)CCCC.F[P-](F)(F)(F)(F)F.[F-].[K+]. The summed E-state index contributed by atoms with van der Waals surface area (Å²) in [5.41, 5.74) is 0. The van der Waals surface area contributed by atoms with E-state index in [-0.39, 0.29) is 56.1 Å². The zero-order chi connectivity index (χ0) is 19.4. The molecule has 0 radical (unpaired) electrons. The minimum atomic E-state index is -10.7.